The fraction of sp³-hybridized carbons (Fsp3) is 0.500. The summed E-state index contributed by atoms with van der Waals surface area (Å²) >= 11 is 0. The quantitative estimate of drug-likeness (QED) is 0.790. The lowest BCUT2D eigenvalue weighted by Gasteiger charge is -2.16. The number of rotatable bonds is 4. The van der Waals surface area contributed by atoms with Crippen LogP contribution in [0.2, 0.25) is 0 Å². The molecule has 0 aliphatic heterocycles. The van der Waals surface area contributed by atoms with Crippen molar-refractivity contribution in [3.8, 4) is 5.75 Å². The molecule has 1 unspecified atom stereocenters. The third-order valence-corrected chi connectivity index (χ3v) is 2.82. The summed E-state index contributed by atoms with van der Waals surface area (Å²) in [6.07, 6.45) is 2.73. The summed E-state index contributed by atoms with van der Waals surface area (Å²) in [4.78, 5) is 0. The van der Waals surface area contributed by atoms with Gasteiger partial charge in [0.15, 0.2) is 0 Å². The standard InChI is InChI=1S/C12H17NO/c1-9(10-7-8-10)13-11-5-3-4-6-12(11)14-2/h3-6,9-10,13H,7-8H2,1-2H3. The summed E-state index contributed by atoms with van der Waals surface area (Å²) in [6, 6.07) is 8.64. The van der Waals surface area contributed by atoms with Crippen LogP contribution in [-0.2, 0) is 0 Å². The number of benzene rings is 1. The minimum absolute atomic E-state index is 0.561. The highest BCUT2D eigenvalue weighted by molar-refractivity contribution is 5.56. The molecule has 0 amide bonds. The van der Waals surface area contributed by atoms with Gasteiger partial charge in [-0.25, -0.2) is 0 Å². The van der Waals surface area contributed by atoms with Crippen LogP contribution in [0.4, 0.5) is 5.69 Å². The zero-order valence-corrected chi connectivity index (χ0v) is 8.79. The van der Waals surface area contributed by atoms with Crippen molar-refractivity contribution < 1.29 is 4.74 Å². The number of hydrogen-bond acceptors (Lipinski definition) is 2. The van der Waals surface area contributed by atoms with Gasteiger partial charge in [-0.1, -0.05) is 12.1 Å². The molecular weight excluding hydrogens is 174 g/mol. The maximum atomic E-state index is 5.28. The van der Waals surface area contributed by atoms with Gasteiger partial charge in [-0.3, -0.25) is 0 Å². The molecule has 0 saturated heterocycles. The number of hydrogen-bond donors (Lipinski definition) is 1. The second kappa shape index (κ2) is 3.91. The Morgan fingerprint density at radius 2 is 2.07 bits per heavy atom. The summed E-state index contributed by atoms with van der Waals surface area (Å²) in [5.74, 6) is 1.79. The number of anilines is 1. The van der Waals surface area contributed by atoms with Crippen molar-refractivity contribution >= 4 is 5.69 Å². The molecule has 14 heavy (non-hydrogen) atoms. The Hall–Kier alpha value is -1.18. The molecule has 1 atom stereocenters. The molecule has 0 radical (unpaired) electrons. The van der Waals surface area contributed by atoms with Gasteiger partial charge in [-0.2, -0.15) is 0 Å². The Labute approximate surface area is 85.3 Å². The van der Waals surface area contributed by atoms with Crippen molar-refractivity contribution in [1.29, 1.82) is 0 Å². The van der Waals surface area contributed by atoms with Crippen LogP contribution in [-0.4, -0.2) is 13.2 Å². The van der Waals surface area contributed by atoms with Crippen molar-refractivity contribution in [2.24, 2.45) is 5.92 Å². The highest BCUT2D eigenvalue weighted by atomic mass is 16.5. The lowest BCUT2D eigenvalue weighted by molar-refractivity contribution is 0.416. The second-order valence-electron chi connectivity index (χ2n) is 3.97. The van der Waals surface area contributed by atoms with Gasteiger partial charge in [0.2, 0.25) is 0 Å². The van der Waals surface area contributed by atoms with E-state index in [4.69, 9.17) is 4.74 Å². The zero-order chi connectivity index (χ0) is 9.97. The van der Waals surface area contributed by atoms with Gasteiger partial charge in [0.25, 0.3) is 0 Å². The van der Waals surface area contributed by atoms with E-state index in [0.29, 0.717) is 6.04 Å². The Balaban J connectivity index is 2.06. The van der Waals surface area contributed by atoms with Gasteiger partial charge in [0, 0.05) is 6.04 Å². The van der Waals surface area contributed by atoms with Crippen LogP contribution in [0, 0.1) is 5.92 Å². The summed E-state index contributed by atoms with van der Waals surface area (Å²) in [5.41, 5.74) is 1.11. The van der Waals surface area contributed by atoms with Gasteiger partial charge < -0.3 is 10.1 Å². The topological polar surface area (TPSA) is 21.3 Å². The van der Waals surface area contributed by atoms with E-state index >= 15 is 0 Å². The van der Waals surface area contributed by atoms with E-state index in [9.17, 15) is 0 Å². The van der Waals surface area contributed by atoms with Gasteiger partial charge in [0.05, 0.1) is 12.8 Å². The Kier molecular flexibility index (Phi) is 2.62. The normalized spacial score (nSPS) is 17.6. The molecule has 1 saturated carbocycles. The third kappa shape index (κ3) is 2.00. The predicted octanol–water partition coefficient (Wildman–Crippen LogP) is 2.91. The molecule has 0 spiro atoms. The largest absolute Gasteiger partial charge is 0.495 e. The average Bonchev–Trinajstić information content (AvgIpc) is 3.02. The molecule has 1 aromatic rings. The first-order valence-electron chi connectivity index (χ1n) is 5.21. The maximum absolute atomic E-state index is 5.28. The summed E-state index contributed by atoms with van der Waals surface area (Å²) in [5, 5.41) is 3.50. The molecule has 0 aromatic heterocycles. The molecular formula is C12H17NO. The smallest absolute Gasteiger partial charge is 0.141 e. The monoisotopic (exact) mass is 191 g/mol. The van der Waals surface area contributed by atoms with Crippen molar-refractivity contribution in [3.63, 3.8) is 0 Å². The van der Waals surface area contributed by atoms with Gasteiger partial charge in [-0.05, 0) is 37.8 Å². The van der Waals surface area contributed by atoms with E-state index in [0.717, 1.165) is 17.4 Å². The van der Waals surface area contributed by atoms with E-state index in [1.807, 2.05) is 18.2 Å². The van der Waals surface area contributed by atoms with Crippen LogP contribution in [0.25, 0.3) is 0 Å². The lowest BCUT2D eigenvalue weighted by Crippen LogP contribution is -2.17. The van der Waals surface area contributed by atoms with Crippen LogP contribution in [0.5, 0.6) is 5.75 Å². The third-order valence-electron chi connectivity index (χ3n) is 2.82. The molecule has 1 aliphatic rings. The first kappa shape index (κ1) is 9.38. The Bertz CT molecular complexity index is 307. The molecule has 76 valence electrons. The first-order chi connectivity index (χ1) is 6.81. The molecule has 1 aliphatic carbocycles. The molecule has 1 fully saturated rings. The van der Waals surface area contributed by atoms with E-state index in [-0.39, 0.29) is 0 Å². The van der Waals surface area contributed by atoms with Crippen LogP contribution < -0.4 is 10.1 Å². The van der Waals surface area contributed by atoms with Crippen LogP contribution in [0.3, 0.4) is 0 Å². The molecule has 1 aromatic carbocycles. The average molecular weight is 191 g/mol. The summed E-state index contributed by atoms with van der Waals surface area (Å²) in [6.45, 7) is 2.24. The van der Waals surface area contributed by atoms with Crippen LogP contribution in [0.15, 0.2) is 24.3 Å². The number of methoxy groups -OCH3 is 1. The molecule has 2 heteroatoms. The predicted molar refractivity (Wildman–Crippen MR) is 58.8 cm³/mol. The zero-order valence-electron chi connectivity index (χ0n) is 8.79. The van der Waals surface area contributed by atoms with Crippen molar-refractivity contribution in [3.05, 3.63) is 24.3 Å². The van der Waals surface area contributed by atoms with E-state index in [1.54, 1.807) is 7.11 Å². The van der Waals surface area contributed by atoms with Gasteiger partial charge in [-0.15, -0.1) is 0 Å². The Morgan fingerprint density at radius 1 is 1.36 bits per heavy atom. The second-order valence-corrected chi connectivity index (χ2v) is 3.97. The van der Waals surface area contributed by atoms with Crippen molar-refractivity contribution in [1.82, 2.24) is 0 Å². The van der Waals surface area contributed by atoms with Gasteiger partial charge >= 0.3 is 0 Å². The fourth-order valence-electron chi connectivity index (χ4n) is 1.72. The number of ether oxygens (including phenoxy) is 1. The van der Waals surface area contributed by atoms with Crippen LogP contribution >= 0.6 is 0 Å². The van der Waals surface area contributed by atoms with Crippen molar-refractivity contribution in [2.45, 2.75) is 25.8 Å². The molecule has 0 bridgehead atoms. The SMILES string of the molecule is COc1ccccc1NC(C)C1CC1. The van der Waals surface area contributed by atoms with Crippen molar-refractivity contribution in [2.75, 3.05) is 12.4 Å². The van der Waals surface area contributed by atoms with Crippen LogP contribution in [0.1, 0.15) is 19.8 Å². The number of nitrogens with one attached hydrogen (secondary N) is 1. The maximum Gasteiger partial charge on any atom is 0.141 e. The minimum atomic E-state index is 0.561. The fourth-order valence-corrected chi connectivity index (χ4v) is 1.72. The van der Waals surface area contributed by atoms with E-state index in [2.05, 4.69) is 18.3 Å². The minimum Gasteiger partial charge on any atom is -0.495 e. The highest BCUT2D eigenvalue weighted by Gasteiger charge is 2.28. The molecule has 0 heterocycles. The van der Waals surface area contributed by atoms with Gasteiger partial charge in [0.1, 0.15) is 5.75 Å². The Morgan fingerprint density at radius 3 is 2.71 bits per heavy atom. The highest BCUT2D eigenvalue weighted by Crippen LogP contribution is 2.35. The lowest BCUT2D eigenvalue weighted by atomic mass is 10.2. The molecule has 2 rings (SSSR count). The molecule has 1 N–H and O–H groups in total. The van der Waals surface area contributed by atoms with E-state index in [1.165, 1.54) is 12.8 Å². The number of para-hydroxylation sites is 2. The summed E-state index contributed by atoms with van der Waals surface area (Å²) in [7, 11) is 1.71. The molecule has 2 nitrogen and oxygen atoms in total. The first-order valence-corrected chi connectivity index (χ1v) is 5.21. The summed E-state index contributed by atoms with van der Waals surface area (Å²) < 4.78 is 5.28. The van der Waals surface area contributed by atoms with E-state index < -0.39 is 0 Å².